The number of hydrogen-bond donors (Lipinski definition) is 0. The molecule has 0 saturated carbocycles. The van der Waals surface area contributed by atoms with E-state index in [9.17, 15) is 9.90 Å². The van der Waals surface area contributed by atoms with Crippen LogP contribution < -0.4 is 5.11 Å². The summed E-state index contributed by atoms with van der Waals surface area (Å²) in [6.07, 6.45) is 0. The van der Waals surface area contributed by atoms with Crippen molar-refractivity contribution in [2.75, 3.05) is 0 Å². The van der Waals surface area contributed by atoms with E-state index >= 15 is 0 Å². The van der Waals surface area contributed by atoms with Crippen LogP contribution in [0.25, 0.3) is 0 Å². The van der Waals surface area contributed by atoms with E-state index in [2.05, 4.69) is 12.1 Å². The van der Waals surface area contributed by atoms with Gasteiger partial charge >= 0.3 is 84.2 Å². The molecule has 0 atom stereocenters. The summed E-state index contributed by atoms with van der Waals surface area (Å²) >= 11 is -1.19. The number of carboxylic acid groups (broad SMARTS) is 1. The summed E-state index contributed by atoms with van der Waals surface area (Å²) in [5.74, 6) is -0.868. The van der Waals surface area contributed by atoms with Crippen LogP contribution in [0, 0.1) is 0 Å². The molecule has 0 unspecified atom stereocenters. The Bertz CT molecular complexity index is 246. The Kier molecular flexibility index (Phi) is 4.29. The summed E-state index contributed by atoms with van der Waals surface area (Å²) in [5, 5.41) is 10.1. The molecule has 0 aliphatic rings. The molecule has 0 bridgehead atoms. The van der Waals surface area contributed by atoms with Gasteiger partial charge in [0.2, 0.25) is 0 Å². The first-order valence-corrected chi connectivity index (χ1v) is 11.8. The minimum atomic E-state index is -1.19. The molecule has 3 heteroatoms. The Hall–Kier alpha value is -0.375. The first-order chi connectivity index (χ1) is 5.79. The SMILES string of the molecule is O=C([O-])[CH2][Hg][CH2]c1ccccc1. The van der Waals surface area contributed by atoms with E-state index < -0.39 is 30.5 Å². The number of benzene rings is 1. The van der Waals surface area contributed by atoms with Crippen LogP contribution in [0.2, 0.25) is 3.93 Å². The zero-order chi connectivity index (χ0) is 8.81. The van der Waals surface area contributed by atoms with Gasteiger partial charge in [0.15, 0.2) is 0 Å². The fraction of sp³-hybridized carbons (Fsp3) is 0.222. The molecule has 0 N–H and O–H groups in total. The maximum absolute atomic E-state index is 10.1. The van der Waals surface area contributed by atoms with Crippen LogP contribution in [0.1, 0.15) is 5.56 Å². The molecule has 12 heavy (non-hydrogen) atoms. The van der Waals surface area contributed by atoms with Crippen molar-refractivity contribution in [1.29, 1.82) is 0 Å². The van der Waals surface area contributed by atoms with Gasteiger partial charge in [0, 0.05) is 0 Å². The summed E-state index contributed by atoms with van der Waals surface area (Å²) in [4.78, 5) is 10.1. The van der Waals surface area contributed by atoms with Gasteiger partial charge in [0.05, 0.1) is 0 Å². The molecule has 1 rings (SSSR count). The van der Waals surface area contributed by atoms with E-state index in [0.29, 0.717) is 3.93 Å². The van der Waals surface area contributed by atoms with Crippen LogP contribution in [0.4, 0.5) is 0 Å². The average Bonchev–Trinajstić information content (AvgIpc) is 2.05. The molecule has 0 aromatic heterocycles. The molecule has 2 nitrogen and oxygen atoms in total. The summed E-state index contributed by atoms with van der Waals surface area (Å²) < 4.78 is 1.41. The summed E-state index contributed by atoms with van der Waals surface area (Å²) in [6.45, 7) is 0. The van der Waals surface area contributed by atoms with E-state index in [4.69, 9.17) is 0 Å². The molecule has 0 saturated heterocycles. The fourth-order valence-corrected chi connectivity index (χ4v) is 5.77. The summed E-state index contributed by atoms with van der Waals surface area (Å²) in [7, 11) is 0. The topological polar surface area (TPSA) is 40.1 Å². The maximum atomic E-state index is 10.1. The van der Waals surface area contributed by atoms with Crippen molar-refractivity contribution >= 4 is 5.97 Å². The van der Waals surface area contributed by atoms with Gasteiger partial charge < -0.3 is 0 Å². The van der Waals surface area contributed by atoms with E-state index in [1.165, 1.54) is 5.56 Å². The normalized spacial score (nSPS) is 9.00. The van der Waals surface area contributed by atoms with Gasteiger partial charge in [-0.3, -0.25) is 0 Å². The molecule has 0 fully saturated rings. The van der Waals surface area contributed by atoms with Crippen LogP contribution in [0.3, 0.4) is 0 Å². The third-order valence-corrected chi connectivity index (χ3v) is 8.27. The second-order valence-electron chi connectivity index (χ2n) is 2.71. The Morgan fingerprint density at radius 2 is 2.00 bits per heavy atom. The number of aliphatic carboxylic acids is 1. The van der Waals surface area contributed by atoms with Crippen molar-refractivity contribution in [2.45, 2.75) is 7.86 Å². The summed E-state index contributed by atoms with van der Waals surface area (Å²) in [5.41, 5.74) is 1.28. The molecule has 0 spiro atoms. The van der Waals surface area contributed by atoms with Crippen LogP contribution in [-0.4, -0.2) is 5.97 Å². The zero-order valence-corrected chi connectivity index (χ0v) is 12.3. The van der Waals surface area contributed by atoms with Gasteiger partial charge in [-0.1, -0.05) is 0 Å². The predicted octanol–water partition coefficient (Wildman–Crippen LogP) is 0.437. The summed E-state index contributed by atoms with van der Waals surface area (Å²) in [6, 6.07) is 10.0. The van der Waals surface area contributed by atoms with E-state index in [1.54, 1.807) is 0 Å². The zero-order valence-electron chi connectivity index (χ0n) is 6.82. The van der Waals surface area contributed by atoms with Crippen LogP contribution in [-0.2, 0) is 33.3 Å². The number of carboxylic acids is 1. The van der Waals surface area contributed by atoms with Crippen LogP contribution in [0.15, 0.2) is 30.3 Å². The van der Waals surface area contributed by atoms with Crippen molar-refractivity contribution in [1.82, 2.24) is 0 Å². The van der Waals surface area contributed by atoms with Crippen LogP contribution >= 0.6 is 0 Å². The molecule has 0 heterocycles. The van der Waals surface area contributed by atoms with Crippen LogP contribution in [0.5, 0.6) is 0 Å². The second-order valence-corrected chi connectivity index (χ2v) is 9.35. The number of hydrogen-bond acceptors (Lipinski definition) is 2. The quantitative estimate of drug-likeness (QED) is 0.740. The van der Waals surface area contributed by atoms with Gasteiger partial charge in [-0.05, 0) is 0 Å². The average molecular weight is 350 g/mol. The standard InChI is InChI=1S/C7H7.C2H3O2.Hg/c1-7-5-3-2-4-6-7;1-2(3)4;/h2-6H,1H2;1H2,(H,3,4);/p-1. The van der Waals surface area contributed by atoms with Crippen molar-refractivity contribution in [3.63, 3.8) is 0 Å². The van der Waals surface area contributed by atoms with Gasteiger partial charge in [-0.15, -0.1) is 0 Å². The Morgan fingerprint density at radius 1 is 1.33 bits per heavy atom. The van der Waals surface area contributed by atoms with Crippen molar-refractivity contribution in [2.24, 2.45) is 0 Å². The molecule has 0 amide bonds. The predicted molar refractivity (Wildman–Crippen MR) is 40.0 cm³/mol. The molecule has 60 valence electrons. The Balaban J connectivity index is 2.29. The molecule has 0 radical (unpaired) electrons. The third kappa shape index (κ3) is 3.86. The first kappa shape index (κ1) is 9.71. The molecular formula is C9H9HgO2-. The van der Waals surface area contributed by atoms with Gasteiger partial charge in [0.1, 0.15) is 0 Å². The Morgan fingerprint density at radius 3 is 2.58 bits per heavy atom. The molecule has 0 aliphatic heterocycles. The molecule has 1 aromatic rings. The minimum absolute atomic E-state index is 0.370. The monoisotopic (exact) mass is 351 g/mol. The number of carbonyl (C=O) groups excluding carboxylic acids is 1. The van der Waals surface area contributed by atoms with Crippen molar-refractivity contribution in [3.05, 3.63) is 35.9 Å². The number of rotatable bonds is 4. The van der Waals surface area contributed by atoms with Gasteiger partial charge in [-0.2, -0.15) is 0 Å². The second kappa shape index (κ2) is 5.30. The first-order valence-electron chi connectivity index (χ1n) is 4.03. The molecule has 1 aromatic carbocycles. The van der Waals surface area contributed by atoms with E-state index in [-0.39, 0.29) is 0 Å². The van der Waals surface area contributed by atoms with E-state index in [0.717, 1.165) is 3.93 Å². The van der Waals surface area contributed by atoms with E-state index in [1.807, 2.05) is 18.2 Å². The van der Waals surface area contributed by atoms with Gasteiger partial charge in [0.25, 0.3) is 0 Å². The van der Waals surface area contributed by atoms with Crippen molar-refractivity contribution < 1.29 is 34.5 Å². The van der Waals surface area contributed by atoms with Gasteiger partial charge in [-0.25, -0.2) is 0 Å². The van der Waals surface area contributed by atoms with Crippen molar-refractivity contribution in [3.8, 4) is 0 Å². The Labute approximate surface area is 84.0 Å². The number of carbonyl (C=O) groups is 1. The fourth-order valence-electron chi connectivity index (χ4n) is 1.08. The molecular weight excluding hydrogens is 341 g/mol. The molecule has 0 aliphatic carbocycles. The third-order valence-electron chi connectivity index (χ3n) is 1.69.